The van der Waals surface area contributed by atoms with E-state index in [0.717, 1.165) is 48.5 Å². The van der Waals surface area contributed by atoms with Crippen molar-refractivity contribution in [1.82, 2.24) is 0 Å². The first kappa shape index (κ1) is 19.6. The number of quaternary nitrogens is 1. The molecular weight excluding hydrogens is 414 g/mol. The molecule has 0 bridgehead atoms. The van der Waals surface area contributed by atoms with Crippen LogP contribution in [0.25, 0.3) is 0 Å². The van der Waals surface area contributed by atoms with Crippen molar-refractivity contribution < 1.29 is 30.9 Å². The molecule has 4 atom stereocenters. The van der Waals surface area contributed by atoms with Gasteiger partial charge in [-0.1, -0.05) is 12.2 Å². The summed E-state index contributed by atoms with van der Waals surface area (Å²) < 4.78 is 13.0. The van der Waals surface area contributed by atoms with Crippen LogP contribution in [0.2, 0.25) is 0 Å². The first-order valence-corrected chi connectivity index (χ1v) is 9.34. The molecule has 2 heterocycles. The van der Waals surface area contributed by atoms with Gasteiger partial charge in [-0.3, -0.25) is 0 Å². The zero-order chi connectivity index (χ0) is 17.8. The quantitative estimate of drug-likeness (QED) is 0.291. The maximum absolute atomic E-state index is 6.45. The lowest BCUT2D eigenvalue weighted by molar-refractivity contribution is -0.915. The Morgan fingerprint density at radius 3 is 2.96 bits per heavy atom. The number of ether oxygens (including phenoxy) is 2. The van der Waals surface area contributed by atoms with E-state index in [1.54, 1.807) is 7.11 Å². The lowest BCUT2D eigenvalue weighted by Crippen LogP contribution is -3.00. The topological polar surface area (TPSA) is 18.5 Å². The van der Waals surface area contributed by atoms with E-state index in [2.05, 4.69) is 38.1 Å². The van der Waals surface area contributed by atoms with Gasteiger partial charge in [-0.2, -0.15) is 0 Å². The minimum Gasteiger partial charge on any atom is -1.00 e. The van der Waals surface area contributed by atoms with Crippen LogP contribution < -0.4 is 26.5 Å². The highest BCUT2D eigenvalue weighted by atomic mass is 79.9. The number of hydrogen-bond donors (Lipinski definition) is 0. The molecule has 0 saturated carbocycles. The molecule has 1 spiro atoms. The third-order valence-corrected chi connectivity index (χ3v) is 6.54. The van der Waals surface area contributed by atoms with Crippen molar-refractivity contribution in [2.45, 2.75) is 43.2 Å². The van der Waals surface area contributed by atoms with E-state index >= 15 is 0 Å². The van der Waals surface area contributed by atoms with Crippen LogP contribution in [0.4, 0.5) is 0 Å². The van der Waals surface area contributed by atoms with Gasteiger partial charge in [0.1, 0.15) is 19.2 Å². The highest BCUT2D eigenvalue weighted by Gasteiger charge is 2.55. The second-order valence-corrected chi connectivity index (χ2v) is 8.51. The molecule has 4 rings (SSSR count). The molecule has 0 N–H and O–H groups in total. The maximum Gasteiger partial charge on any atom is 0.166 e. The maximum atomic E-state index is 6.45. The van der Waals surface area contributed by atoms with Crippen LogP contribution in [0.1, 0.15) is 29.5 Å². The van der Waals surface area contributed by atoms with Gasteiger partial charge in [0.2, 0.25) is 0 Å². The van der Waals surface area contributed by atoms with Crippen molar-refractivity contribution >= 4 is 11.6 Å². The number of benzene rings is 1. The normalized spacial score (nSPS) is 33.8. The van der Waals surface area contributed by atoms with Crippen LogP contribution in [-0.4, -0.2) is 43.2 Å². The number of hydrogen-bond acceptors (Lipinski definition) is 2. The van der Waals surface area contributed by atoms with Crippen LogP contribution in [0, 0.1) is 19.3 Å². The summed E-state index contributed by atoms with van der Waals surface area (Å²) in [6.45, 7) is 4.86. The lowest BCUT2D eigenvalue weighted by atomic mass is 9.69. The van der Waals surface area contributed by atoms with Crippen LogP contribution in [0.3, 0.4) is 0 Å². The summed E-state index contributed by atoms with van der Waals surface area (Å²) in [6.07, 6.45) is 12.0. The van der Waals surface area contributed by atoms with Gasteiger partial charge in [0, 0.05) is 24.0 Å². The number of rotatable bonds is 2. The molecule has 3 aliphatic rings. The van der Waals surface area contributed by atoms with Crippen molar-refractivity contribution in [3.05, 3.63) is 34.9 Å². The van der Waals surface area contributed by atoms with Crippen molar-refractivity contribution in [2.75, 3.05) is 27.2 Å². The molecule has 1 aromatic carbocycles. The summed E-state index contributed by atoms with van der Waals surface area (Å²) in [6, 6.07) is 2.10. The van der Waals surface area contributed by atoms with E-state index < -0.39 is 0 Å². The molecule has 0 fully saturated rings. The number of terminal acetylenes is 1. The fourth-order valence-electron chi connectivity index (χ4n) is 4.83. The summed E-state index contributed by atoms with van der Waals surface area (Å²) in [5.41, 5.74) is 3.82. The van der Waals surface area contributed by atoms with Crippen LogP contribution in [-0.2, 0) is 12.0 Å². The lowest BCUT2D eigenvalue weighted by Gasteiger charge is -2.36. The van der Waals surface area contributed by atoms with E-state index in [-0.39, 0.29) is 33.9 Å². The van der Waals surface area contributed by atoms with E-state index in [1.807, 2.05) is 0 Å². The highest BCUT2D eigenvalue weighted by Crippen LogP contribution is 2.57. The molecule has 0 saturated heterocycles. The fourth-order valence-corrected chi connectivity index (χ4v) is 5.06. The van der Waals surface area contributed by atoms with E-state index in [4.69, 9.17) is 27.5 Å². The number of allylic oxidation sites excluding steroid dienone is 1. The van der Waals surface area contributed by atoms with Crippen LogP contribution in [0.5, 0.6) is 11.5 Å². The fraction of sp³-hybridized carbons (Fsp3) is 0.524. The van der Waals surface area contributed by atoms with Gasteiger partial charge in [-0.15, -0.1) is 18.0 Å². The first-order valence-electron chi connectivity index (χ1n) is 8.90. The van der Waals surface area contributed by atoms with Crippen molar-refractivity contribution in [3.8, 4) is 23.8 Å². The number of alkyl halides is 1. The molecule has 140 valence electrons. The SMILES string of the molecule is C#CC[N+]1(C)CCC23C=C[C@H](Cl)CC2Oc2c(OC)cc(C)c(c23)C1.[Br-]. The Morgan fingerprint density at radius 2 is 2.27 bits per heavy atom. The molecule has 3 unspecified atom stereocenters. The van der Waals surface area contributed by atoms with Gasteiger partial charge < -0.3 is 30.9 Å². The van der Waals surface area contributed by atoms with Crippen LogP contribution >= 0.6 is 11.6 Å². The Hall–Kier alpha value is -1.15. The van der Waals surface area contributed by atoms with Crippen molar-refractivity contribution in [2.24, 2.45) is 0 Å². The van der Waals surface area contributed by atoms with Crippen molar-refractivity contribution in [1.29, 1.82) is 0 Å². The molecule has 0 aromatic heterocycles. The smallest absolute Gasteiger partial charge is 0.166 e. The molecule has 2 aliphatic heterocycles. The first-order chi connectivity index (χ1) is 11.9. The third-order valence-electron chi connectivity index (χ3n) is 6.22. The minimum atomic E-state index is -0.111. The average Bonchev–Trinajstić information content (AvgIpc) is 2.83. The molecular formula is C21H25BrClNO2. The Morgan fingerprint density at radius 1 is 1.50 bits per heavy atom. The van der Waals surface area contributed by atoms with E-state index in [9.17, 15) is 0 Å². The average molecular weight is 439 g/mol. The predicted octanol–water partition coefficient (Wildman–Crippen LogP) is 0.557. The molecule has 3 nitrogen and oxygen atoms in total. The number of halogens is 2. The number of nitrogens with zero attached hydrogens (tertiary/aromatic N) is 1. The van der Waals surface area contributed by atoms with Gasteiger partial charge in [0.15, 0.2) is 11.5 Å². The second kappa shape index (κ2) is 6.78. The molecule has 1 aliphatic carbocycles. The Labute approximate surface area is 171 Å². The largest absolute Gasteiger partial charge is 1.00 e. The second-order valence-electron chi connectivity index (χ2n) is 7.95. The molecule has 1 aromatic rings. The summed E-state index contributed by atoms with van der Waals surface area (Å²) >= 11 is 6.43. The zero-order valence-corrected chi connectivity index (χ0v) is 17.9. The molecule has 26 heavy (non-hydrogen) atoms. The summed E-state index contributed by atoms with van der Waals surface area (Å²) in [5.74, 6) is 4.63. The Bertz CT molecular complexity index is 802. The molecule has 5 heteroatoms. The molecule has 0 radical (unpaired) electrons. The number of aryl methyl sites for hydroxylation is 1. The zero-order valence-electron chi connectivity index (χ0n) is 15.5. The van der Waals surface area contributed by atoms with Gasteiger partial charge >= 0.3 is 0 Å². The van der Waals surface area contributed by atoms with Gasteiger partial charge in [0.25, 0.3) is 0 Å². The monoisotopic (exact) mass is 437 g/mol. The number of methoxy groups -OCH3 is 1. The predicted molar refractivity (Wildman–Crippen MR) is 100 cm³/mol. The summed E-state index contributed by atoms with van der Waals surface area (Å²) in [4.78, 5) is 0. The summed E-state index contributed by atoms with van der Waals surface area (Å²) in [5, 5.41) is 0.0234. The Kier molecular flexibility index (Phi) is 5.11. The third kappa shape index (κ3) is 2.76. The minimum absolute atomic E-state index is 0. The molecule has 0 amide bonds. The van der Waals surface area contributed by atoms with Crippen molar-refractivity contribution in [3.63, 3.8) is 0 Å². The van der Waals surface area contributed by atoms with E-state index in [0.29, 0.717) is 0 Å². The Balaban J connectivity index is 0.00000196. The van der Waals surface area contributed by atoms with E-state index in [1.165, 1.54) is 16.7 Å². The van der Waals surface area contributed by atoms with Gasteiger partial charge in [0.05, 0.1) is 31.5 Å². The highest BCUT2D eigenvalue weighted by molar-refractivity contribution is 6.21. The van der Waals surface area contributed by atoms with Gasteiger partial charge in [-0.25, -0.2) is 0 Å². The van der Waals surface area contributed by atoms with Gasteiger partial charge in [-0.05, 0) is 24.5 Å². The standard InChI is InChI=1S/C21H25ClNO2.BrH/c1-5-9-23(3)10-8-21-7-6-15(22)12-18(21)25-20-17(24-4)11-14(2)16(13-23)19(20)21;/h1,6-7,11,15,18H,8-10,12-13H2,2-4H3;1H/q+1;/p-1/t15-,18?,21?,23?;/m0./s1. The van der Waals surface area contributed by atoms with Crippen LogP contribution in [0.15, 0.2) is 18.2 Å². The summed E-state index contributed by atoms with van der Waals surface area (Å²) in [7, 11) is 3.98.